The number of nitrogens with one attached hydrogen (secondary N) is 2. The van der Waals surface area contributed by atoms with Gasteiger partial charge < -0.3 is 10.6 Å². The third-order valence-electron chi connectivity index (χ3n) is 4.56. The first kappa shape index (κ1) is 16.0. The zero-order valence-electron chi connectivity index (χ0n) is 13.7. The number of Topliss-reactive ketones (excluding diaryl/α,β-unsaturated/α-hetero) is 1. The van der Waals surface area contributed by atoms with Crippen LogP contribution >= 0.6 is 11.3 Å². The third-order valence-corrected chi connectivity index (χ3v) is 5.33. The molecule has 2 unspecified atom stereocenters. The number of anilines is 1. The van der Waals surface area contributed by atoms with Gasteiger partial charge in [0.05, 0.1) is 11.7 Å². The first-order chi connectivity index (χ1) is 12.1. The average molecular weight is 354 g/mol. The van der Waals surface area contributed by atoms with E-state index in [1.807, 2.05) is 46.4 Å². The van der Waals surface area contributed by atoms with Crippen LogP contribution in [0.5, 0.6) is 0 Å². The zero-order valence-corrected chi connectivity index (χ0v) is 14.5. The summed E-state index contributed by atoms with van der Waals surface area (Å²) in [6.45, 7) is 2.15. The van der Waals surface area contributed by atoms with E-state index in [1.165, 1.54) is 0 Å². The number of imidazole rings is 1. The summed E-state index contributed by atoms with van der Waals surface area (Å²) in [5, 5.41) is 8.02. The number of ketones is 1. The van der Waals surface area contributed by atoms with Crippen molar-refractivity contribution < 1.29 is 9.59 Å². The molecule has 0 radical (unpaired) electrons. The summed E-state index contributed by atoms with van der Waals surface area (Å²) < 4.78 is 1.99. The lowest BCUT2D eigenvalue weighted by atomic mass is 10.0. The topological polar surface area (TPSA) is 75.5 Å². The maximum absolute atomic E-state index is 12.3. The summed E-state index contributed by atoms with van der Waals surface area (Å²) in [6.07, 6.45) is 4.53. The number of rotatable bonds is 4. The number of carbonyl (C=O) groups excluding carboxylic acids is 2. The largest absolute Gasteiger partial charge is 0.325 e. The lowest BCUT2D eigenvalue weighted by molar-refractivity contribution is -0.120. The quantitative estimate of drug-likeness (QED) is 0.755. The number of fused-ring (bicyclic) bond motifs is 1. The van der Waals surface area contributed by atoms with Crippen LogP contribution in [0.3, 0.4) is 0 Å². The number of amides is 1. The van der Waals surface area contributed by atoms with Crippen LogP contribution in [0.2, 0.25) is 0 Å². The number of hydrogen-bond acceptors (Lipinski definition) is 5. The maximum Gasteiger partial charge on any atom is 0.241 e. The molecule has 4 rings (SSSR count). The lowest BCUT2D eigenvalue weighted by Crippen LogP contribution is -2.35. The molecule has 3 heterocycles. The van der Waals surface area contributed by atoms with Gasteiger partial charge in [-0.15, -0.1) is 11.3 Å². The van der Waals surface area contributed by atoms with Crippen LogP contribution < -0.4 is 10.6 Å². The number of aromatic nitrogens is 2. The predicted octanol–water partition coefficient (Wildman–Crippen LogP) is 2.57. The van der Waals surface area contributed by atoms with Crippen molar-refractivity contribution >= 4 is 33.7 Å². The van der Waals surface area contributed by atoms with Gasteiger partial charge in [-0.2, -0.15) is 0 Å². The minimum absolute atomic E-state index is 0.0621. The maximum atomic E-state index is 12.3. The second kappa shape index (κ2) is 6.42. The summed E-state index contributed by atoms with van der Waals surface area (Å²) in [6, 6.07) is 7.33. The molecule has 1 amide bonds. The Morgan fingerprint density at radius 2 is 2.12 bits per heavy atom. The highest BCUT2D eigenvalue weighted by atomic mass is 32.1. The van der Waals surface area contributed by atoms with E-state index in [0.717, 1.165) is 21.9 Å². The molecule has 1 saturated heterocycles. The van der Waals surface area contributed by atoms with Crippen molar-refractivity contribution in [3.63, 3.8) is 0 Å². The van der Waals surface area contributed by atoms with Gasteiger partial charge in [0.1, 0.15) is 5.78 Å². The fraction of sp³-hybridized carbons (Fsp3) is 0.278. The Labute approximate surface area is 148 Å². The molecule has 1 aliphatic rings. The van der Waals surface area contributed by atoms with Gasteiger partial charge >= 0.3 is 0 Å². The van der Waals surface area contributed by atoms with Crippen molar-refractivity contribution in [3.8, 4) is 11.3 Å². The second-order valence-electron chi connectivity index (χ2n) is 6.29. The molecule has 1 aromatic carbocycles. The Morgan fingerprint density at radius 3 is 2.80 bits per heavy atom. The molecule has 25 heavy (non-hydrogen) atoms. The van der Waals surface area contributed by atoms with Crippen molar-refractivity contribution in [2.75, 3.05) is 11.9 Å². The number of hydrogen-bond donors (Lipinski definition) is 2. The van der Waals surface area contributed by atoms with Gasteiger partial charge in [0.15, 0.2) is 4.96 Å². The Kier molecular flexibility index (Phi) is 4.10. The van der Waals surface area contributed by atoms with Crippen LogP contribution in [0.1, 0.15) is 13.3 Å². The monoisotopic (exact) mass is 354 g/mol. The van der Waals surface area contributed by atoms with Crippen molar-refractivity contribution in [2.24, 2.45) is 5.92 Å². The van der Waals surface area contributed by atoms with E-state index in [-0.39, 0.29) is 23.7 Å². The van der Waals surface area contributed by atoms with Crippen LogP contribution in [0.4, 0.5) is 5.69 Å². The minimum atomic E-state index is -0.312. The molecule has 1 fully saturated rings. The average Bonchev–Trinajstić information content (AvgIpc) is 3.31. The van der Waals surface area contributed by atoms with Gasteiger partial charge in [-0.05, 0) is 25.5 Å². The molecule has 0 spiro atoms. The van der Waals surface area contributed by atoms with E-state index >= 15 is 0 Å². The lowest BCUT2D eigenvalue weighted by Gasteiger charge is -2.11. The van der Waals surface area contributed by atoms with Crippen LogP contribution in [-0.2, 0) is 9.59 Å². The molecule has 2 N–H and O–H groups in total. The van der Waals surface area contributed by atoms with Gasteiger partial charge in [-0.1, -0.05) is 12.1 Å². The van der Waals surface area contributed by atoms with Crippen molar-refractivity contribution in [2.45, 2.75) is 19.4 Å². The third kappa shape index (κ3) is 3.20. The normalized spacial score (nSPS) is 20.0. The molecular weight excluding hydrogens is 336 g/mol. The van der Waals surface area contributed by atoms with Crippen molar-refractivity contribution in [1.29, 1.82) is 0 Å². The molecular formula is C18H18N4O2S. The van der Waals surface area contributed by atoms with Gasteiger partial charge in [-0.3, -0.25) is 14.0 Å². The van der Waals surface area contributed by atoms with E-state index < -0.39 is 0 Å². The first-order valence-electron chi connectivity index (χ1n) is 8.17. The van der Waals surface area contributed by atoms with Crippen molar-refractivity contribution in [3.05, 3.63) is 42.0 Å². The number of benzene rings is 1. The summed E-state index contributed by atoms with van der Waals surface area (Å²) in [4.78, 5) is 29.3. The van der Waals surface area contributed by atoms with E-state index in [2.05, 4.69) is 15.6 Å². The highest BCUT2D eigenvalue weighted by Gasteiger charge is 2.31. The highest BCUT2D eigenvalue weighted by molar-refractivity contribution is 7.15. The molecule has 3 aromatic rings. The molecule has 6 nitrogen and oxygen atoms in total. The highest BCUT2D eigenvalue weighted by Crippen LogP contribution is 2.23. The summed E-state index contributed by atoms with van der Waals surface area (Å²) in [7, 11) is 0. The van der Waals surface area contributed by atoms with Crippen LogP contribution in [0, 0.1) is 5.92 Å². The van der Waals surface area contributed by atoms with Gasteiger partial charge in [-0.25, -0.2) is 4.98 Å². The molecule has 128 valence electrons. The van der Waals surface area contributed by atoms with E-state index in [0.29, 0.717) is 13.0 Å². The minimum Gasteiger partial charge on any atom is -0.325 e. The van der Waals surface area contributed by atoms with E-state index in [9.17, 15) is 9.59 Å². The molecule has 0 bridgehead atoms. The molecule has 7 heteroatoms. The van der Waals surface area contributed by atoms with Gasteiger partial charge in [0, 0.05) is 41.5 Å². The predicted molar refractivity (Wildman–Crippen MR) is 97.7 cm³/mol. The SMILES string of the molecule is CC(=O)C1CNC(C(=O)Nc2ccc(-c3cn4ccsc4n3)cc2)C1. The number of carbonyl (C=O) groups is 2. The van der Waals surface area contributed by atoms with Crippen LogP contribution in [0.25, 0.3) is 16.2 Å². The standard InChI is InChI=1S/C18H18N4O2S/c1-11(23)13-8-15(19-9-13)17(24)20-14-4-2-12(3-5-14)16-10-22-6-7-25-18(22)21-16/h2-7,10,13,15,19H,8-9H2,1H3,(H,20,24). The van der Waals surface area contributed by atoms with Crippen molar-refractivity contribution in [1.82, 2.24) is 14.7 Å². The summed E-state index contributed by atoms with van der Waals surface area (Å²) in [5.41, 5.74) is 2.65. The molecule has 2 aromatic heterocycles. The Morgan fingerprint density at radius 1 is 1.32 bits per heavy atom. The van der Waals surface area contributed by atoms with Gasteiger partial charge in [0.2, 0.25) is 5.91 Å². The zero-order chi connectivity index (χ0) is 17.4. The molecule has 0 saturated carbocycles. The Bertz CT molecular complexity index is 900. The van der Waals surface area contributed by atoms with E-state index in [1.54, 1.807) is 18.3 Å². The molecule has 2 atom stereocenters. The second-order valence-corrected chi connectivity index (χ2v) is 7.16. The van der Waals surface area contributed by atoms with E-state index in [4.69, 9.17) is 0 Å². The molecule has 1 aliphatic heterocycles. The fourth-order valence-corrected chi connectivity index (χ4v) is 3.77. The summed E-state index contributed by atoms with van der Waals surface area (Å²) in [5.74, 6) is -0.0287. The Balaban J connectivity index is 1.43. The Hall–Kier alpha value is -2.51. The first-order valence-corrected chi connectivity index (χ1v) is 9.05. The van der Waals surface area contributed by atoms with Crippen LogP contribution in [-0.4, -0.2) is 33.7 Å². The number of thiazole rings is 1. The number of nitrogens with zero attached hydrogens (tertiary/aromatic N) is 2. The smallest absolute Gasteiger partial charge is 0.241 e. The fourth-order valence-electron chi connectivity index (χ4n) is 3.07. The van der Waals surface area contributed by atoms with Crippen LogP contribution in [0.15, 0.2) is 42.0 Å². The summed E-state index contributed by atoms with van der Waals surface area (Å²) >= 11 is 1.59. The van der Waals surface area contributed by atoms with Gasteiger partial charge in [0.25, 0.3) is 0 Å². The molecule has 0 aliphatic carbocycles.